The summed E-state index contributed by atoms with van der Waals surface area (Å²) in [5.74, 6) is 0. The van der Waals surface area contributed by atoms with Crippen LogP contribution in [-0.2, 0) is 6.42 Å². The van der Waals surface area contributed by atoms with Gasteiger partial charge in [0.25, 0.3) is 0 Å². The minimum atomic E-state index is 0.224. The van der Waals surface area contributed by atoms with Crippen molar-refractivity contribution in [2.24, 2.45) is 0 Å². The summed E-state index contributed by atoms with van der Waals surface area (Å²) in [6.07, 6.45) is 5.42. The zero-order valence-corrected chi connectivity index (χ0v) is 11.2. The molecule has 2 heterocycles. The third-order valence-corrected chi connectivity index (χ3v) is 2.81. The number of hydrogen-bond acceptors (Lipinski definition) is 2. The van der Waals surface area contributed by atoms with Crippen molar-refractivity contribution in [1.82, 2.24) is 9.61 Å². The molecule has 2 aromatic heterocycles. The molecule has 0 spiro atoms. The highest BCUT2D eigenvalue weighted by Gasteiger charge is 2.06. The first-order chi connectivity index (χ1) is 7.83. The van der Waals surface area contributed by atoms with Crippen LogP contribution in [0.25, 0.3) is 5.52 Å². The van der Waals surface area contributed by atoms with Gasteiger partial charge in [-0.15, -0.1) is 0 Å². The van der Waals surface area contributed by atoms with Gasteiger partial charge in [0.2, 0.25) is 0 Å². The molecule has 16 heavy (non-hydrogen) atoms. The van der Waals surface area contributed by atoms with E-state index >= 15 is 0 Å². The third kappa shape index (κ3) is 2.83. The number of nitrogens with zero attached hydrogens (tertiary/aromatic N) is 2. The lowest BCUT2D eigenvalue weighted by molar-refractivity contribution is 0.289. The smallest absolute Gasteiger partial charge is 0.0835 e. The van der Waals surface area contributed by atoms with E-state index in [-0.39, 0.29) is 6.61 Å². The molecule has 2 aromatic rings. The quantitative estimate of drug-likeness (QED) is 0.941. The Kier molecular flexibility index (Phi) is 5.49. The fraction of sp³-hybridized carbons (Fsp3) is 0.417. The van der Waals surface area contributed by atoms with Gasteiger partial charge >= 0.3 is 0 Å². The monoisotopic (exact) mass is 284 g/mol. The molecule has 3 nitrogen and oxygen atoms in total. The highest BCUT2D eigenvalue weighted by atomic mass is 79.9. The Balaban J connectivity index is 0.000000606. The fourth-order valence-electron chi connectivity index (χ4n) is 1.51. The van der Waals surface area contributed by atoms with Crippen molar-refractivity contribution < 1.29 is 5.11 Å². The molecule has 0 saturated carbocycles. The van der Waals surface area contributed by atoms with Crippen molar-refractivity contribution in [3.63, 3.8) is 0 Å². The van der Waals surface area contributed by atoms with Gasteiger partial charge in [-0.3, -0.25) is 0 Å². The highest BCUT2D eigenvalue weighted by molar-refractivity contribution is 9.10. The molecule has 88 valence electrons. The Morgan fingerprint density at radius 2 is 2.19 bits per heavy atom. The fourth-order valence-corrected chi connectivity index (χ4v) is 2.10. The minimum Gasteiger partial charge on any atom is -0.396 e. The summed E-state index contributed by atoms with van der Waals surface area (Å²) in [4.78, 5) is 0. The van der Waals surface area contributed by atoms with Crippen LogP contribution in [0, 0.1) is 0 Å². The van der Waals surface area contributed by atoms with E-state index in [2.05, 4.69) is 21.0 Å². The van der Waals surface area contributed by atoms with Crippen LogP contribution in [0.3, 0.4) is 0 Å². The zero-order valence-electron chi connectivity index (χ0n) is 9.65. The summed E-state index contributed by atoms with van der Waals surface area (Å²) in [6.45, 7) is 4.22. The lowest BCUT2D eigenvalue weighted by Crippen LogP contribution is -1.90. The average Bonchev–Trinajstić information content (AvgIpc) is 2.74. The summed E-state index contributed by atoms with van der Waals surface area (Å²) in [5.41, 5.74) is 2.27. The third-order valence-electron chi connectivity index (χ3n) is 2.17. The normalized spacial score (nSPS) is 10.0. The van der Waals surface area contributed by atoms with Crippen molar-refractivity contribution >= 4 is 21.4 Å². The van der Waals surface area contributed by atoms with Gasteiger partial charge in [0.15, 0.2) is 0 Å². The van der Waals surface area contributed by atoms with Gasteiger partial charge in [0.1, 0.15) is 0 Å². The average molecular weight is 285 g/mol. The van der Waals surface area contributed by atoms with Crippen LogP contribution in [0.15, 0.2) is 29.0 Å². The molecular weight excluding hydrogens is 268 g/mol. The topological polar surface area (TPSA) is 37.5 Å². The molecule has 0 unspecified atom stereocenters. The minimum absolute atomic E-state index is 0.224. The lowest BCUT2D eigenvalue weighted by atomic mass is 10.1. The van der Waals surface area contributed by atoms with Gasteiger partial charge < -0.3 is 5.11 Å². The van der Waals surface area contributed by atoms with E-state index in [1.54, 1.807) is 0 Å². The van der Waals surface area contributed by atoms with E-state index in [1.165, 1.54) is 5.56 Å². The van der Waals surface area contributed by atoms with E-state index in [1.807, 2.05) is 42.9 Å². The first kappa shape index (κ1) is 13.2. The molecule has 1 N–H and O–H groups in total. The molecule has 0 saturated heterocycles. The molecular formula is C12H17BrN2O. The van der Waals surface area contributed by atoms with Gasteiger partial charge in [0, 0.05) is 17.3 Å². The Labute approximate surface area is 104 Å². The molecule has 0 aliphatic rings. The standard InChI is InChI=1S/C10H11BrN2O.C2H6/c11-9-4-1-5-13-10(9)8(7-12-13)3-2-6-14;1-2/h1,4-5,7,14H,2-3,6H2;1-2H3. The largest absolute Gasteiger partial charge is 0.396 e. The predicted molar refractivity (Wildman–Crippen MR) is 69.6 cm³/mol. The lowest BCUT2D eigenvalue weighted by Gasteiger charge is -1.99. The van der Waals surface area contributed by atoms with Crippen LogP contribution >= 0.6 is 15.9 Å². The SMILES string of the molecule is CC.OCCCc1cnn2cccc(Br)c12. The Hall–Kier alpha value is -0.870. The van der Waals surface area contributed by atoms with Crippen LogP contribution in [0.1, 0.15) is 25.8 Å². The van der Waals surface area contributed by atoms with E-state index in [0.717, 1.165) is 22.8 Å². The molecule has 0 bridgehead atoms. The molecule has 0 aromatic carbocycles. The maximum absolute atomic E-state index is 8.77. The van der Waals surface area contributed by atoms with Gasteiger partial charge in [-0.05, 0) is 46.5 Å². The van der Waals surface area contributed by atoms with Crippen molar-refractivity contribution in [1.29, 1.82) is 0 Å². The van der Waals surface area contributed by atoms with Gasteiger partial charge in [0.05, 0.1) is 11.7 Å². The maximum atomic E-state index is 8.77. The van der Waals surface area contributed by atoms with Crippen molar-refractivity contribution in [2.45, 2.75) is 26.7 Å². The number of pyridine rings is 1. The van der Waals surface area contributed by atoms with Crippen molar-refractivity contribution in [2.75, 3.05) is 6.61 Å². The van der Waals surface area contributed by atoms with E-state index < -0.39 is 0 Å². The van der Waals surface area contributed by atoms with Crippen molar-refractivity contribution in [3.8, 4) is 0 Å². The molecule has 0 aliphatic carbocycles. The number of hydrogen-bond donors (Lipinski definition) is 1. The molecule has 2 rings (SSSR count). The number of halogens is 1. The van der Waals surface area contributed by atoms with Crippen molar-refractivity contribution in [3.05, 3.63) is 34.6 Å². The number of aliphatic hydroxyl groups is 1. The molecule has 0 aliphatic heterocycles. The van der Waals surface area contributed by atoms with Crippen LogP contribution in [0.2, 0.25) is 0 Å². The summed E-state index contributed by atoms with van der Waals surface area (Å²) < 4.78 is 2.89. The number of fused-ring (bicyclic) bond motifs is 1. The Bertz CT molecular complexity index is 440. The number of aromatic nitrogens is 2. The van der Waals surface area contributed by atoms with E-state index in [4.69, 9.17) is 5.11 Å². The number of rotatable bonds is 3. The molecule has 4 heteroatoms. The maximum Gasteiger partial charge on any atom is 0.0835 e. The first-order valence-electron chi connectivity index (χ1n) is 5.54. The molecule has 0 atom stereocenters. The highest BCUT2D eigenvalue weighted by Crippen LogP contribution is 2.21. The van der Waals surface area contributed by atoms with Crippen LogP contribution in [0.5, 0.6) is 0 Å². The molecule has 0 fully saturated rings. The van der Waals surface area contributed by atoms with Crippen LogP contribution in [0.4, 0.5) is 0 Å². The second-order valence-corrected chi connectivity index (χ2v) is 4.00. The second kappa shape index (κ2) is 6.66. The van der Waals surface area contributed by atoms with E-state index in [0.29, 0.717) is 0 Å². The molecule has 0 amide bonds. The van der Waals surface area contributed by atoms with Crippen LogP contribution in [-0.4, -0.2) is 21.3 Å². The number of aliphatic hydroxyl groups excluding tert-OH is 1. The second-order valence-electron chi connectivity index (χ2n) is 3.15. The number of aryl methyl sites for hydroxylation is 1. The summed E-state index contributed by atoms with van der Waals surface area (Å²) in [5, 5.41) is 13.0. The Morgan fingerprint density at radius 1 is 1.44 bits per heavy atom. The van der Waals surface area contributed by atoms with Gasteiger partial charge in [-0.2, -0.15) is 5.10 Å². The Morgan fingerprint density at radius 3 is 2.88 bits per heavy atom. The summed E-state index contributed by atoms with van der Waals surface area (Å²) in [7, 11) is 0. The molecule has 0 radical (unpaired) electrons. The van der Waals surface area contributed by atoms with Gasteiger partial charge in [-0.1, -0.05) is 13.8 Å². The summed E-state index contributed by atoms with van der Waals surface area (Å²) >= 11 is 3.50. The zero-order chi connectivity index (χ0) is 12.0. The van der Waals surface area contributed by atoms with E-state index in [9.17, 15) is 0 Å². The first-order valence-corrected chi connectivity index (χ1v) is 6.34. The summed E-state index contributed by atoms with van der Waals surface area (Å²) in [6, 6.07) is 3.94. The predicted octanol–water partition coefficient (Wildman–Crippen LogP) is 3.05. The van der Waals surface area contributed by atoms with Gasteiger partial charge in [-0.25, -0.2) is 4.52 Å². The van der Waals surface area contributed by atoms with Crippen LogP contribution < -0.4 is 0 Å².